The molecule has 230 valence electrons. The van der Waals surface area contributed by atoms with Crippen LogP contribution in [-0.4, -0.2) is 32.9 Å². The molecule has 47 heavy (non-hydrogen) atoms. The zero-order chi connectivity index (χ0) is 32.2. The van der Waals surface area contributed by atoms with Crippen molar-refractivity contribution in [1.29, 1.82) is 0 Å². The molecule has 0 fully saturated rings. The molecule has 0 saturated carbocycles. The number of H-pyrrole nitrogens is 1. The summed E-state index contributed by atoms with van der Waals surface area (Å²) in [7, 11) is 0. The maximum absolute atomic E-state index is 13.7. The number of carbonyl (C=O) groups excluding carboxylic acids is 2. The average Bonchev–Trinajstić information content (AvgIpc) is 3.76. The monoisotopic (exact) mass is 616 g/mol. The normalized spacial score (nSPS) is 15.2. The number of aromatic nitrogens is 2. The topological polar surface area (TPSA) is 107 Å². The molecule has 0 radical (unpaired) electrons. The van der Waals surface area contributed by atoms with Crippen molar-refractivity contribution in [3.05, 3.63) is 192 Å². The van der Waals surface area contributed by atoms with Gasteiger partial charge in [-0.1, -0.05) is 133 Å². The van der Waals surface area contributed by atoms with E-state index in [1.54, 1.807) is 24.7 Å². The number of aliphatic hydroxyl groups is 1. The van der Waals surface area contributed by atoms with E-state index in [2.05, 4.69) is 15.6 Å². The Kier molecular flexibility index (Phi) is 7.94. The van der Waals surface area contributed by atoms with Crippen molar-refractivity contribution in [1.82, 2.24) is 15.3 Å². The fraction of sp³-hybridized carbons (Fsp3) is 0.0750. The Balaban J connectivity index is 1.34. The Labute approximate surface area is 272 Å². The molecule has 2 atom stereocenters. The lowest BCUT2D eigenvalue weighted by Gasteiger charge is -2.44. The van der Waals surface area contributed by atoms with Crippen LogP contribution >= 0.6 is 0 Å². The molecule has 0 aliphatic carbocycles. The Bertz CT molecular complexity index is 1910. The number of aromatic amines is 1. The van der Waals surface area contributed by atoms with Gasteiger partial charge in [-0.2, -0.15) is 0 Å². The first-order valence-electron chi connectivity index (χ1n) is 15.4. The second-order valence-electron chi connectivity index (χ2n) is 11.5. The second kappa shape index (κ2) is 12.7. The highest BCUT2D eigenvalue weighted by atomic mass is 16.3. The van der Waals surface area contributed by atoms with E-state index in [0.717, 1.165) is 27.8 Å². The number of amides is 2. The zero-order valence-electron chi connectivity index (χ0n) is 25.4. The molecule has 0 saturated heterocycles. The largest absolute Gasteiger partial charge is 0.509 e. The summed E-state index contributed by atoms with van der Waals surface area (Å²) in [5.41, 5.74) is 4.67. The van der Waals surface area contributed by atoms with Crippen LogP contribution in [0.15, 0.2) is 169 Å². The van der Waals surface area contributed by atoms with Crippen molar-refractivity contribution in [2.45, 2.75) is 17.4 Å². The van der Waals surface area contributed by atoms with Gasteiger partial charge in [-0.05, 0) is 39.9 Å². The number of benzene rings is 5. The van der Waals surface area contributed by atoms with Gasteiger partial charge in [0.1, 0.15) is 11.3 Å². The molecular weight excluding hydrogens is 584 g/mol. The molecule has 7 nitrogen and oxygen atoms in total. The van der Waals surface area contributed by atoms with Gasteiger partial charge in [0, 0.05) is 17.8 Å². The molecule has 4 N–H and O–H groups in total. The van der Waals surface area contributed by atoms with Crippen molar-refractivity contribution in [2.24, 2.45) is 0 Å². The summed E-state index contributed by atoms with van der Waals surface area (Å²) >= 11 is 0. The number of aliphatic hydroxyl groups excluding tert-OH is 1. The van der Waals surface area contributed by atoms with Crippen molar-refractivity contribution >= 4 is 17.5 Å². The lowest BCUT2D eigenvalue weighted by atomic mass is 9.58. The van der Waals surface area contributed by atoms with Crippen LogP contribution in [-0.2, 0) is 15.0 Å². The van der Waals surface area contributed by atoms with E-state index in [4.69, 9.17) is 4.98 Å². The van der Waals surface area contributed by atoms with Gasteiger partial charge >= 0.3 is 0 Å². The Hall–Kier alpha value is -6.21. The maximum Gasteiger partial charge on any atom is 0.264 e. The fourth-order valence-electron chi connectivity index (χ4n) is 6.81. The van der Waals surface area contributed by atoms with Gasteiger partial charge in [-0.25, -0.2) is 4.98 Å². The first kappa shape index (κ1) is 29.5. The minimum Gasteiger partial charge on any atom is -0.509 e. The van der Waals surface area contributed by atoms with Gasteiger partial charge in [0.05, 0.1) is 23.5 Å². The van der Waals surface area contributed by atoms with Crippen LogP contribution in [0.4, 0.5) is 5.69 Å². The smallest absolute Gasteiger partial charge is 0.264 e. The van der Waals surface area contributed by atoms with Crippen LogP contribution in [0.1, 0.15) is 28.3 Å². The summed E-state index contributed by atoms with van der Waals surface area (Å²) in [5.74, 6) is -2.37. The first-order valence-corrected chi connectivity index (χ1v) is 15.4. The molecule has 0 bridgehead atoms. The van der Waals surface area contributed by atoms with Crippen LogP contribution in [0.25, 0.3) is 11.1 Å². The van der Waals surface area contributed by atoms with Crippen molar-refractivity contribution < 1.29 is 14.7 Å². The minimum atomic E-state index is -0.993. The molecule has 1 aliphatic rings. The van der Waals surface area contributed by atoms with E-state index in [0.29, 0.717) is 11.4 Å². The summed E-state index contributed by atoms with van der Waals surface area (Å²) in [5, 5.41) is 17.7. The van der Waals surface area contributed by atoms with Crippen LogP contribution < -0.4 is 10.6 Å². The highest BCUT2D eigenvalue weighted by Crippen LogP contribution is 2.52. The third-order valence-corrected chi connectivity index (χ3v) is 8.87. The van der Waals surface area contributed by atoms with E-state index in [-0.39, 0.29) is 11.3 Å². The van der Waals surface area contributed by atoms with Crippen LogP contribution in [0.5, 0.6) is 0 Å². The lowest BCUT2D eigenvalue weighted by Crippen LogP contribution is -2.47. The summed E-state index contributed by atoms with van der Waals surface area (Å²) in [6, 6.07) is 46.3. The van der Waals surface area contributed by atoms with E-state index in [1.807, 2.05) is 133 Å². The molecule has 2 amide bonds. The quantitative estimate of drug-likeness (QED) is 0.102. The molecule has 5 aromatic carbocycles. The molecule has 7 rings (SSSR count). The number of nitrogens with one attached hydrogen (secondary N) is 3. The number of hydrogen-bond donors (Lipinski definition) is 4. The van der Waals surface area contributed by atoms with Gasteiger partial charge in [-0.15, -0.1) is 0 Å². The molecule has 1 aromatic heterocycles. The molecule has 0 spiro atoms. The van der Waals surface area contributed by atoms with Gasteiger partial charge in [0.25, 0.3) is 11.8 Å². The molecule has 6 aromatic rings. The molecule has 7 heteroatoms. The van der Waals surface area contributed by atoms with Crippen molar-refractivity contribution in [3.8, 4) is 11.1 Å². The van der Waals surface area contributed by atoms with Gasteiger partial charge < -0.3 is 20.7 Å². The average molecular weight is 617 g/mol. The van der Waals surface area contributed by atoms with Crippen LogP contribution in [0.2, 0.25) is 0 Å². The van der Waals surface area contributed by atoms with Gasteiger partial charge in [-0.3, -0.25) is 9.59 Å². The number of carbonyl (C=O) groups is 2. The van der Waals surface area contributed by atoms with Gasteiger partial charge in [0.2, 0.25) is 0 Å². The molecule has 2 heterocycles. The highest BCUT2D eigenvalue weighted by molar-refractivity contribution is 6.24. The van der Waals surface area contributed by atoms with Gasteiger partial charge in [0.15, 0.2) is 0 Å². The summed E-state index contributed by atoms with van der Waals surface area (Å²) < 4.78 is 0. The fourth-order valence-corrected chi connectivity index (χ4v) is 6.81. The van der Waals surface area contributed by atoms with E-state index >= 15 is 0 Å². The standard InChI is InChI=1S/C40H32N4O3/c45-37-34(38(46)43-32-23-21-28(22-24-32)27-13-5-1-6-14-27)39(47)44-36(37)35(33-25-41-26-42-33)40(29-15-7-2-8-16-29,30-17-9-3-10-18-30)31-19-11-4-12-20-31/h1-26,35-36,45H,(H,41,42)(H,43,46)(H,44,47). The third-order valence-electron chi connectivity index (χ3n) is 8.87. The molecule has 2 unspecified atom stereocenters. The van der Waals surface area contributed by atoms with E-state index in [9.17, 15) is 14.7 Å². The number of imidazole rings is 1. The zero-order valence-corrected chi connectivity index (χ0v) is 25.4. The minimum absolute atomic E-state index is 0.328. The van der Waals surface area contributed by atoms with Crippen molar-refractivity contribution in [3.63, 3.8) is 0 Å². The third kappa shape index (κ3) is 5.38. The summed E-state index contributed by atoms with van der Waals surface area (Å²) in [6.45, 7) is 0. The number of hydrogen-bond acceptors (Lipinski definition) is 4. The van der Waals surface area contributed by atoms with Crippen LogP contribution in [0.3, 0.4) is 0 Å². The Morgan fingerprint density at radius 3 is 1.68 bits per heavy atom. The molecular formula is C40H32N4O3. The number of nitrogens with zero attached hydrogens (tertiary/aromatic N) is 1. The van der Waals surface area contributed by atoms with E-state index in [1.165, 1.54) is 0 Å². The highest BCUT2D eigenvalue weighted by Gasteiger charge is 2.53. The lowest BCUT2D eigenvalue weighted by molar-refractivity contribution is -0.120. The SMILES string of the molecule is O=C(Nc1ccc(-c2ccccc2)cc1)C1=C(O)C(C(c2c[nH]cn2)C(c2ccccc2)(c2ccccc2)c2ccccc2)NC1=O. The first-order chi connectivity index (χ1) is 23.1. The second-order valence-corrected chi connectivity index (χ2v) is 11.5. The van der Waals surface area contributed by atoms with E-state index < -0.39 is 29.2 Å². The number of anilines is 1. The van der Waals surface area contributed by atoms with Crippen molar-refractivity contribution in [2.75, 3.05) is 5.32 Å². The summed E-state index contributed by atoms with van der Waals surface area (Å²) in [6.07, 6.45) is 3.36. The Morgan fingerprint density at radius 2 is 1.19 bits per heavy atom. The molecule has 1 aliphatic heterocycles. The Morgan fingerprint density at radius 1 is 0.702 bits per heavy atom. The predicted octanol–water partition coefficient (Wildman–Crippen LogP) is 7.14. The number of rotatable bonds is 9. The maximum atomic E-state index is 13.7. The summed E-state index contributed by atoms with van der Waals surface area (Å²) in [4.78, 5) is 35.1. The predicted molar refractivity (Wildman–Crippen MR) is 183 cm³/mol. The van der Waals surface area contributed by atoms with Crippen LogP contribution in [0, 0.1) is 0 Å².